The molecule has 1 saturated carbocycles. The highest BCUT2D eigenvalue weighted by Crippen LogP contribution is 2.27. The average molecular weight is 326 g/mol. The lowest BCUT2D eigenvalue weighted by Crippen LogP contribution is -2.21. The molecule has 1 fully saturated rings. The van der Waals surface area contributed by atoms with Crippen LogP contribution in [-0.2, 0) is 16.1 Å². The van der Waals surface area contributed by atoms with E-state index in [1.54, 1.807) is 23.1 Å². The van der Waals surface area contributed by atoms with Gasteiger partial charge in [-0.25, -0.2) is 0 Å². The van der Waals surface area contributed by atoms with Crippen LogP contribution < -0.4 is 10.6 Å². The summed E-state index contributed by atoms with van der Waals surface area (Å²) in [5, 5.41) is 9.86. The maximum atomic E-state index is 12.2. The molecule has 0 unspecified atom stereocenters. The minimum absolute atomic E-state index is 0.0742. The van der Waals surface area contributed by atoms with E-state index in [1.165, 1.54) is 0 Å². The molecule has 126 valence electrons. The number of aryl methyl sites for hydroxylation is 1. The minimum atomic E-state index is -0.152. The van der Waals surface area contributed by atoms with Gasteiger partial charge in [-0.3, -0.25) is 14.3 Å². The Morgan fingerprint density at radius 1 is 1.25 bits per heavy atom. The van der Waals surface area contributed by atoms with Crippen LogP contribution in [-0.4, -0.2) is 21.6 Å². The van der Waals surface area contributed by atoms with Gasteiger partial charge in [0.05, 0.1) is 0 Å². The number of aromatic nitrogens is 2. The van der Waals surface area contributed by atoms with E-state index in [4.69, 9.17) is 0 Å². The normalized spacial score (nSPS) is 14.5. The molecule has 1 aromatic heterocycles. The Balaban J connectivity index is 1.64. The van der Waals surface area contributed by atoms with Gasteiger partial charge in [-0.1, -0.05) is 18.9 Å². The second kappa shape index (κ2) is 7.29. The van der Waals surface area contributed by atoms with Crippen LogP contribution in [0.4, 0.5) is 11.4 Å². The standard InChI is InChI=1S/C18H22N4O2/c1-13-7-8-15(20-18(24)14-5-2-3-6-14)11-16(13)21-17(23)12-22-10-4-9-19-22/h4,7-11,14H,2-3,5-6,12H2,1H3,(H,20,24)(H,21,23). The Bertz CT molecular complexity index is 719. The smallest absolute Gasteiger partial charge is 0.246 e. The Kier molecular flexibility index (Phi) is 4.93. The average Bonchev–Trinajstić information content (AvgIpc) is 3.23. The molecular formula is C18H22N4O2. The highest BCUT2D eigenvalue weighted by molar-refractivity contribution is 5.95. The maximum Gasteiger partial charge on any atom is 0.246 e. The van der Waals surface area contributed by atoms with Crippen molar-refractivity contribution in [2.75, 3.05) is 10.6 Å². The zero-order valence-electron chi connectivity index (χ0n) is 13.8. The molecule has 6 nitrogen and oxygen atoms in total. The SMILES string of the molecule is Cc1ccc(NC(=O)C2CCCC2)cc1NC(=O)Cn1cccn1. The summed E-state index contributed by atoms with van der Waals surface area (Å²) in [5.74, 6) is 0.0374. The quantitative estimate of drug-likeness (QED) is 0.887. The molecule has 3 rings (SSSR count). The first-order valence-electron chi connectivity index (χ1n) is 8.30. The molecule has 0 bridgehead atoms. The van der Waals surface area contributed by atoms with E-state index in [0.717, 1.165) is 31.2 Å². The molecule has 2 amide bonds. The molecule has 1 aromatic carbocycles. The lowest BCUT2D eigenvalue weighted by atomic mass is 10.1. The van der Waals surface area contributed by atoms with Gasteiger partial charge in [0.2, 0.25) is 11.8 Å². The maximum absolute atomic E-state index is 12.2. The Hall–Kier alpha value is -2.63. The molecule has 0 radical (unpaired) electrons. The number of carbonyl (C=O) groups excluding carboxylic acids is 2. The van der Waals surface area contributed by atoms with Gasteiger partial charge in [-0.05, 0) is 43.5 Å². The van der Waals surface area contributed by atoms with Gasteiger partial charge in [0.15, 0.2) is 0 Å². The zero-order valence-corrected chi connectivity index (χ0v) is 13.8. The number of nitrogens with one attached hydrogen (secondary N) is 2. The van der Waals surface area contributed by atoms with Gasteiger partial charge in [-0.15, -0.1) is 0 Å². The molecule has 1 heterocycles. The van der Waals surface area contributed by atoms with Crippen molar-refractivity contribution in [2.45, 2.75) is 39.2 Å². The monoisotopic (exact) mass is 326 g/mol. The number of benzene rings is 1. The van der Waals surface area contributed by atoms with Crippen molar-refractivity contribution in [3.05, 3.63) is 42.2 Å². The van der Waals surface area contributed by atoms with Crippen LogP contribution in [0, 0.1) is 12.8 Å². The van der Waals surface area contributed by atoms with Gasteiger partial charge in [0.1, 0.15) is 6.54 Å². The number of anilines is 2. The number of nitrogens with zero attached hydrogens (tertiary/aromatic N) is 2. The van der Waals surface area contributed by atoms with E-state index in [2.05, 4.69) is 15.7 Å². The van der Waals surface area contributed by atoms with Crippen molar-refractivity contribution < 1.29 is 9.59 Å². The topological polar surface area (TPSA) is 76.0 Å². The van der Waals surface area contributed by atoms with E-state index in [-0.39, 0.29) is 24.3 Å². The number of carbonyl (C=O) groups is 2. The van der Waals surface area contributed by atoms with E-state index < -0.39 is 0 Å². The van der Waals surface area contributed by atoms with Crippen LogP contribution in [0.1, 0.15) is 31.2 Å². The molecule has 0 saturated heterocycles. The van der Waals surface area contributed by atoms with Crippen molar-refractivity contribution >= 4 is 23.2 Å². The summed E-state index contributed by atoms with van der Waals surface area (Å²) < 4.78 is 1.57. The number of hydrogen-bond acceptors (Lipinski definition) is 3. The minimum Gasteiger partial charge on any atom is -0.326 e. The molecule has 6 heteroatoms. The third-order valence-electron chi connectivity index (χ3n) is 4.37. The largest absolute Gasteiger partial charge is 0.326 e. The summed E-state index contributed by atoms with van der Waals surface area (Å²) in [6.45, 7) is 2.08. The molecule has 1 aliphatic carbocycles. The van der Waals surface area contributed by atoms with Crippen molar-refractivity contribution in [3.63, 3.8) is 0 Å². The Morgan fingerprint density at radius 3 is 2.75 bits per heavy atom. The van der Waals surface area contributed by atoms with E-state index >= 15 is 0 Å². The molecule has 1 aliphatic rings. The van der Waals surface area contributed by atoms with Gasteiger partial charge >= 0.3 is 0 Å². The lowest BCUT2D eigenvalue weighted by Gasteiger charge is -2.13. The highest BCUT2D eigenvalue weighted by Gasteiger charge is 2.22. The third kappa shape index (κ3) is 4.01. The molecule has 0 aliphatic heterocycles. The van der Waals surface area contributed by atoms with Crippen LogP contribution >= 0.6 is 0 Å². The third-order valence-corrected chi connectivity index (χ3v) is 4.37. The van der Waals surface area contributed by atoms with Crippen molar-refractivity contribution in [2.24, 2.45) is 5.92 Å². The van der Waals surface area contributed by atoms with Gasteiger partial charge < -0.3 is 10.6 Å². The second-order valence-corrected chi connectivity index (χ2v) is 6.25. The number of rotatable bonds is 5. The fraction of sp³-hybridized carbons (Fsp3) is 0.389. The Labute approximate surface area is 141 Å². The molecule has 24 heavy (non-hydrogen) atoms. The fourth-order valence-corrected chi connectivity index (χ4v) is 3.00. The van der Waals surface area contributed by atoms with Crippen molar-refractivity contribution in [3.8, 4) is 0 Å². The van der Waals surface area contributed by atoms with Gasteiger partial charge in [0.25, 0.3) is 0 Å². The summed E-state index contributed by atoms with van der Waals surface area (Å²) in [6.07, 6.45) is 7.56. The first-order chi connectivity index (χ1) is 11.6. The fourth-order valence-electron chi connectivity index (χ4n) is 3.00. The summed E-state index contributed by atoms with van der Waals surface area (Å²) >= 11 is 0. The lowest BCUT2D eigenvalue weighted by molar-refractivity contribution is -0.119. The molecular weight excluding hydrogens is 304 g/mol. The van der Waals surface area contributed by atoms with E-state index in [9.17, 15) is 9.59 Å². The number of hydrogen-bond donors (Lipinski definition) is 2. The molecule has 0 atom stereocenters. The molecule has 0 spiro atoms. The highest BCUT2D eigenvalue weighted by atomic mass is 16.2. The second-order valence-electron chi connectivity index (χ2n) is 6.25. The zero-order chi connectivity index (χ0) is 16.9. The van der Waals surface area contributed by atoms with E-state index in [0.29, 0.717) is 11.4 Å². The van der Waals surface area contributed by atoms with Crippen LogP contribution in [0.15, 0.2) is 36.7 Å². The van der Waals surface area contributed by atoms with Crippen molar-refractivity contribution in [1.82, 2.24) is 9.78 Å². The van der Waals surface area contributed by atoms with Crippen LogP contribution in [0.5, 0.6) is 0 Å². The summed E-state index contributed by atoms with van der Waals surface area (Å²) in [4.78, 5) is 24.4. The predicted molar refractivity (Wildman–Crippen MR) is 92.6 cm³/mol. The summed E-state index contributed by atoms with van der Waals surface area (Å²) in [5.41, 5.74) is 2.37. The first kappa shape index (κ1) is 16.2. The molecule has 2 N–H and O–H groups in total. The van der Waals surface area contributed by atoms with Crippen LogP contribution in [0.3, 0.4) is 0 Å². The van der Waals surface area contributed by atoms with Crippen LogP contribution in [0.2, 0.25) is 0 Å². The summed E-state index contributed by atoms with van der Waals surface area (Å²) in [6, 6.07) is 7.35. The van der Waals surface area contributed by atoms with Gasteiger partial charge in [-0.2, -0.15) is 5.10 Å². The predicted octanol–water partition coefficient (Wildman–Crippen LogP) is 2.96. The first-order valence-corrected chi connectivity index (χ1v) is 8.30. The van der Waals surface area contributed by atoms with E-state index in [1.807, 2.05) is 25.1 Å². The number of amides is 2. The molecule has 2 aromatic rings. The van der Waals surface area contributed by atoms with Gasteiger partial charge in [0, 0.05) is 29.7 Å². The Morgan fingerprint density at radius 2 is 2.04 bits per heavy atom. The van der Waals surface area contributed by atoms with Crippen molar-refractivity contribution in [1.29, 1.82) is 0 Å². The summed E-state index contributed by atoms with van der Waals surface area (Å²) in [7, 11) is 0. The van der Waals surface area contributed by atoms with Crippen LogP contribution in [0.25, 0.3) is 0 Å².